The van der Waals surface area contributed by atoms with Crippen LogP contribution in [0.15, 0.2) is 24.3 Å². The highest BCUT2D eigenvalue weighted by Gasteiger charge is 2.23. The number of methoxy groups -OCH3 is 1. The highest BCUT2D eigenvalue weighted by atomic mass is 16.5. The maximum absolute atomic E-state index is 12.4. The Morgan fingerprint density at radius 1 is 1.15 bits per heavy atom. The lowest BCUT2D eigenvalue weighted by Crippen LogP contribution is -2.46. The van der Waals surface area contributed by atoms with Crippen molar-refractivity contribution in [2.75, 3.05) is 46.5 Å². The molecule has 2 bridgehead atoms. The van der Waals surface area contributed by atoms with Gasteiger partial charge in [-0.3, -0.25) is 9.69 Å². The van der Waals surface area contributed by atoms with Crippen LogP contribution in [0.4, 0.5) is 0 Å². The van der Waals surface area contributed by atoms with E-state index in [0.29, 0.717) is 12.6 Å². The van der Waals surface area contributed by atoms with E-state index in [2.05, 4.69) is 23.1 Å². The fraction of sp³-hybridized carbons (Fsp3) is 0.667. The van der Waals surface area contributed by atoms with Gasteiger partial charge in [0.1, 0.15) is 12.4 Å². The molecule has 1 aromatic carbocycles. The Bertz CT molecular complexity index is 578. The van der Waals surface area contributed by atoms with Crippen molar-refractivity contribution in [2.45, 2.75) is 44.6 Å². The first-order valence-corrected chi connectivity index (χ1v) is 9.99. The van der Waals surface area contributed by atoms with E-state index in [9.17, 15) is 4.79 Å². The number of carbonyl (C=O) groups excluding carboxylic acids is 1. The van der Waals surface area contributed by atoms with Gasteiger partial charge in [0.05, 0.1) is 6.61 Å². The van der Waals surface area contributed by atoms with E-state index in [0.717, 1.165) is 44.8 Å². The Morgan fingerprint density at radius 2 is 2.08 bits per heavy atom. The van der Waals surface area contributed by atoms with Gasteiger partial charge in [0.25, 0.3) is 0 Å². The highest BCUT2D eigenvalue weighted by molar-refractivity contribution is 5.77. The lowest BCUT2D eigenvalue weighted by atomic mass is 9.95. The highest BCUT2D eigenvalue weighted by Crippen LogP contribution is 2.23. The van der Waals surface area contributed by atoms with Gasteiger partial charge in [-0.2, -0.15) is 0 Å². The van der Waals surface area contributed by atoms with E-state index in [-0.39, 0.29) is 12.5 Å². The molecular weight excluding hydrogens is 328 g/mol. The molecule has 1 amide bonds. The molecule has 0 radical (unpaired) electrons. The van der Waals surface area contributed by atoms with E-state index >= 15 is 0 Å². The summed E-state index contributed by atoms with van der Waals surface area (Å²) < 4.78 is 11.0. The lowest BCUT2D eigenvalue weighted by Gasteiger charge is -2.37. The largest absolute Gasteiger partial charge is 0.494 e. The third-order valence-corrected chi connectivity index (χ3v) is 5.53. The summed E-state index contributed by atoms with van der Waals surface area (Å²) in [7, 11) is 1.58. The van der Waals surface area contributed by atoms with Crippen molar-refractivity contribution >= 4 is 5.91 Å². The summed E-state index contributed by atoms with van der Waals surface area (Å²) in [6.07, 6.45) is 6.95. The minimum absolute atomic E-state index is 0.0788. The molecule has 0 aromatic heterocycles. The van der Waals surface area contributed by atoms with Crippen LogP contribution in [-0.2, 0) is 16.0 Å². The van der Waals surface area contributed by atoms with Gasteiger partial charge in [-0.05, 0) is 56.3 Å². The second-order valence-corrected chi connectivity index (χ2v) is 7.39. The van der Waals surface area contributed by atoms with Crippen molar-refractivity contribution in [1.82, 2.24) is 9.80 Å². The lowest BCUT2D eigenvalue weighted by molar-refractivity contribution is -0.135. The molecule has 0 aliphatic carbocycles. The third-order valence-electron chi connectivity index (χ3n) is 5.53. The number of fused-ring (bicyclic) bond motifs is 3. The van der Waals surface area contributed by atoms with E-state index in [1.165, 1.54) is 31.2 Å². The van der Waals surface area contributed by atoms with Crippen molar-refractivity contribution in [3.05, 3.63) is 29.8 Å². The average molecular weight is 360 g/mol. The summed E-state index contributed by atoms with van der Waals surface area (Å²) in [6.45, 7) is 4.41. The molecule has 26 heavy (non-hydrogen) atoms. The van der Waals surface area contributed by atoms with E-state index in [1.807, 2.05) is 11.0 Å². The van der Waals surface area contributed by atoms with Gasteiger partial charge in [-0.15, -0.1) is 0 Å². The number of ether oxygens (including phenoxy) is 2. The maximum Gasteiger partial charge on any atom is 0.248 e. The Morgan fingerprint density at radius 3 is 2.96 bits per heavy atom. The summed E-state index contributed by atoms with van der Waals surface area (Å²) in [4.78, 5) is 16.9. The zero-order valence-electron chi connectivity index (χ0n) is 16.0. The Labute approximate surface area is 157 Å². The normalized spacial score (nSPS) is 22.8. The van der Waals surface area contributed by atoms with Crippen LogP contribution in [0.5, 0.6) is 5.75 Å². The number of hydrogen-bond donors (Lipinski definition) is 0. The molecule has 2 aliphatic heterocycles. The molecule has 3 rings (SSSR count). The second-order valence-electron chi connectivity index (χ2n) is 7.39. The van der Waals surface area contributed by atoms with Gasteiger partial charge in [-0.1, -0.05) is 18.6 Å². The molecule has 1 saturated heterocycles. The number of piperidine rings is 1. The van der Waals surface area contributed by atoms with Crippen LogP contribution in [0.3, 0.4) is 0 Å². The minimum Gasteiger partial charge on any atom is -0.494 e. The molecule has 1 fully saturated rings. The molecular formula is C21H32N2O3. The van der Waals surface area contributed by atoms with Gasteiger partial charge in [0.15, 0.2) is 0 Å². The van der Waals surface area contributed by atoms with Crippen LogP contribution in [0, 0.1) is 0 Å². The van der Waals surface area contributed by atoms with Crippen LogP contribution in [-0.4, -0.2) is 68.3 Å². The molecule has 0 N–H and O–H groups in total. The summed E-state index contributed by atoms with van der Waals surface area (Å²) in [6, 6.07) is 9.11. The Balaban J connectivity index is 1.72. The van der Waals surface area contributed by atoms with Gasteiger partial charge < -0.3 is 14.4 Å². The molecule has 1 atom stereocenters. The maximum atomic E-state index is 12.4. The van der Waals surface area contributed by atoms with Crippen LogP contribution >= 0.6 is 0 Å². The van der Waals surface area contributed by atoms with Crippen LogP contribution in [0.2, 0.25) is 0 Å². The summed E-state index contributed by atoms with van der Waals surface area (Å²) in [5, 5.41) is 0. The number of amides is 1. The van der Waals surface area contributed by atoms with E-state index in [1.54, 1.807) is 7.11 Å². The molecule has 5 heteroatoms. The second kappa shape index (κ2) is 9.93. The SMILES string of the molecule is COCC(=O)N1CCCOc2cccc(c2)CCC2CCCCN2CC1. The van der Waals surface area contributed by atoms with Crippen molar-refractivity contribution in [1.29, 1.82) is 0 Å². The fourth-order valence-electron chi connectivity index (χ4n) is 4.08. The van der Waals surface area contributed by atoms with Crippen molar-refractivity contribution < 1.29 is 14.3 Å². The number of aryl methyl sites for hydroxylation is 1. The predicted octanol–water partition coefficient (Wildman–Crippen LogP) is 2.73. The molecule has 1 aromatic rings. The van der Waals surface area contributed by atoms with Gasteiger partial charge in [0, 0.05) is 32.8 Å². The summed E-state index contributed by atoms with van der Waals surface area (Å²) in [5.41, 5.74) is 1.36. The summed E-state index contributed by atoms with van der Waals surface area (Å²) in [5.74, 6) is 1.02. The first-order chi connectivity index (χ1) is 12.8. The molecule has 144 valence electrons. The van der Waals surface area contributed by atoms with Crippen LogP contribution in [0.1, 0.15) is 37.7 Å². The van der Waals surface area contributed by atoms with Crippen molar-refractivity contribution in [3.8, 4) is 5.75 Å². The zero-order valence-corrected chi connectivity index (χ0v) is 16.0. The molecule has 2 heterocycles. The topological polar surface area (TPSA) is 42.0 Å². The molecule has 0 spiro atoms. The van der Waals surface area contributed by atoms with E-state index < -0.39 is 0 Å². The van der Waals surface area contributed by atoms with E-state index in [4.69, 9.17) is 9.47 Å². The number of hydrogen-bond acceptors (Lipinski definition) is 4. The minimum atomic E-state index is 0.0788. The Hall–Kier alpha value is -1.59. The first-order valence-electron chi connectivity index (χ1n) is 9.99. The molecule has 2 aliphatic rings. The van der Waals surface area contributed by atoms with Crippen molar-refractivity contribution in [2.24, 2.45) is 0 Å². The molecule has 0 saturated carbocycles. The first kappa shape index (κ1) is 19.2. The average Bonchev–Trinajstić information content (AvgIpc) is 2.66. The number of rotatable bonds is 2. The van der Waals surface area contributed by atoms with Gasteiger partial charge in [0.2, 0.25) is 5.91 Å². The molecule has 1 unspecified atom stereocenters. The van der Waals surface area contributed by atoms with Crippen LogP contribution in [0.25, 0.3) is 0 Å². The number of nitrogens with zero attached hydrogens (tertiary/aromatic N) is 2. The summed E-state index contributed by atoms with van der Waals surface area (Å²) >= 11 is 0. The van der Waals surface area contributed by atoms with Crippen molar-refractivity contribution in [3.63, 3.8) is 0 Å². The third kappa shape index (κ3) is 5.45. The monoisotopic (exact) mass is 360 g/mol. The quantitative estimate of drug-likeness (QED) is 0.813. The predicted molar refractivity (Wildman–Crippen MR) is 103 cm³/mol. The fourth-order valence-corrected chi connectivity index (χ4v) is 4.08. The smallest absolute Gasteiger partial charge is 0.248 e. The number of carbonyl (C=O) groups is 1. The van der Waals surface area contributed by atoms with Gasteiger partial charge in [-0.25, -0.2) is 0 Å². The number of benzene rings is 1. The Kier molecular flexibility index (Phi) is 7.32. The molecule has 5 nitrogen and oxygen atoms in total. The standard InChI is InChI=1S/C21H32N2O3/c1-25-17-21(24)23-12-5-15-26-20-8-4-6-18(16-20)9-10-19-7-2-3-11-22(19)13-14-23/h4,6,8,16,19H,2-3,5,7,9-15,17H2,1H3. The zero-order chi connectivity index (χ0) is 18.2. The van der Waals surface area contributed by atoms with Gasteiger partial charge >= 0.3 is 0 Å². The van der Waals surface area contributed by atoms with Crippen LogP contribution < -0.4 is 4.74 Å².